The Balaban J connectivity index is 1.47. The largest absolute Gasteiger partial charge is 0.299 e. The van der Waals surface area contributed by atoms with Gasteiger partial charge in [0.05, 0.1) is 17.2 Å². The van der Waals surface area contributed by atoms with Crippen LogP contribution in [-0.2, 0) is 11.3 Å². The topological polar surface area (TPSA) is 89.8 Å². The molecule has 0 spiro atoms. The Morgan fingerprint density at radius 3 is 2.89 bits per heavy atom. The normalized spacial score (nSPS) is 15.1. The first-order valence-corrected chi connectivity index (χ1v) is 9.70. The number of halogens is 1. The summed E-state index contributed by atoms with van der Waals surface area (Å²) in [7, 11) is 0. The predicted octanol–water partition coefficient (Wildman–Crippen LogP) is 3.07. The molecule has 1 aliphatic rings. The monoisotopic (exact) mass is 387 g/mol. The highest BCUT2D eigenvalue weighted by Gasteiger charge is 2.20. The van der Waals surface area contributed by atoms with Crippen LogP contribution in [0, 0.1) is 5.82 Å². The van der Waals surface area contributed by atoms with E-state index in [-0.39, 0.29) is 11.9 Å². The van der Waals surface area contributed by atoms with Crippen molar-refractivity contribution in [2.24, 2.45) is 0 Å². The lowest BCUT2D eigenvalue weighted by Gasteiger charge is -2.18. The first-order valence-electron chi connectivity index (χ1n) is 8.88. The van der Waals surface area contributed by atoms with Crippen molar-refractivity contribution in [2.75, 3.05) is 5.32 Å². The third kappa shape index (κ3) is 3.87. The maximum absolute atomic E-state index is 13.4. The third-order valence-electron chi connectivity index (χ3n) is 4.74. The Morgan fingerprint density at radius 2 is 2.07 bits per heavy atom. The number of aromatic nitrogens is 4. The molecule has 0 unspecified atom stereocenters. The second-order valence-electron chi connectivity index (χ2n) is 6.67. The van der Waals surface area contributed by atoms with Gasteiger partial charge in [-0.05, 0) is 31.0 Å². The SMILES string of the molecule is O=C(Cn1cnc2ccc(F)cc2c1=O)Nc1nnc(C2CCCCC2)s1. The molecule has 1 N–H and O–H groups in total. The molecule has 1 aliphatic carbocycles. The van der Waals surface area contributed by atoms with Crippen molar-refractivity contribution in [1.82, 2.24) is 19.7 Å². The minimum atomic E-state index is -0.521. The molecular formula is C18H18FN5O2S. The lowest BCUT2D eigenvalue weighted by molar-refractivity contribution is -0.116. The van der Waals surface area contributed by atoms with Gasteiger partial charge in [0.1, 0.15) is 17.4 Å². The molecule has 1 fully saturated rings. The number of carbonyl (C=O) groups excluding carboxylic acids is 1. The molecule has 1 saturated carbocycles. The maximum Gasteiger partial charge on any atom is 0.261 e. The Morgan fingerprint density at radius 1 is 1.26 bits per heavy atom. The average molecular weight is 387 g/mol. The minimum absolute atomic E-state index is 0.140. The number of nitrogens with zero attached hydrogens (tertiary/aromatic N) is 4. The highest BCUT2D eigenvalue weighted by atomic mass is 32.1. The molecule has 2 heterocycles. The number of carbonyl (C=O) groups is 1. The Labute approximate surface area is 158 Å². The van der Waals surface area contributed by atoms with E-state index in [0.29, 0.717) is 16.6 Å². The maximum atomic E-state index is 13.4. The van der Waals surface area contributed by atoms with Gasteiger partial charge in [0.2, 0.25) is 11.0 Å². The fourth-order valence-corrected chi connectivity index (χ4v) is 4.29. The van der Waals surface area contributed by atoms with Gasteiger partial charge in [-0.15, -0.1) is 10.2 Å². The summed E-state index contributed by atoms with van der Waals surface area (Å²) in [5.41, 5.74) is -0.0749. The molecule has 27 heavy (non-hydrogen) atoms. The van der Waals surface area contributed by atoms with Gasteiger partial charge >= 0.3 is 0 Å². The van der Waals surface area contributed by atoms with Crippen molar-refractivity contribution < 1.29 is 9.18 Å². The summed E-state index contributed by atoms with van der Waals surface area (Å²) in [6.45, 7) is -0.226. The number of hydrogen-bond acceptors (Lipinski definition) is 6. The van der Waals surface area contributed by atoms with Crippen LogP contribution in [0.3, 0.4) is 0 Å². The van der Waals surface area contributed by atoms with Crippen molar-refractivity contribution in [3.8, 4) is 0 Å². The molecule has 7 nitrogen and oxygen atoms in total. The third-order valence-corrected chi connectivity index (χ3v) is 5.74. The zero-order valence-corrected chi connectivity index (χ0v) is 15.3. The van der Waals surface area contributed by atoms with Crippen molar-refractivity contribution in [3.63, 3.8) is 0 Å². The summed E-state index contributed by atoms with van der Waals surface area (Å²) < 4.78 is 14.5. The number of benzene rings is 1. The van der Waals surface area contributed by atoms with Gasteiger partial charge < -0.3 is 0 Å². The van der Waals surface area contributed by atoms with E-state index in [4.69, 9.17) is 0 Å². The molecule has 0 saturated heterocycles. The van der Waals surface area contributed by atoms with E-state index in [2.05, 4.69) is 20.5 Å². The summed E-state index contributed by atoms with van der Waals surface area (Å²) in [4.78, 5) is 28.8. The van der Waals surface area contributed by atoms with E-state index >= 15 is 0 Å². The van der Waals surface area contributed by atoms with Gasteiger partial charge in [0.15, 0.2) is 0 Å². The predicted molar refractivity (Wildman–Crippen MR) is 100 cm³/mol. The molecule has 140 valence electrons. The van der Waals surface area contributed by atoms with E-state index in [9.17, 15) is 14.0 Å². The standard InChI is InChI=1S/C18H18FN5O2S/c19-12-6-7-14-13(8-12)17(26)24(10-20-14)9-15(25)21-18-23-22-16(27-18)11-4-2-1-3-5-11/h6-8,10-11H,1-5,9H2,(H,21,23,25). The van der Waals surface area contributed by atoms with Crippen LogP contribution in [0.2, 0.25) is 0 Å². The zero-order chi connectivity index (χ0) is 18.8. The number of amides is 1. The highest BCUT2D eigenvalue weighted by Crippen LogP contribution is 2.35. The number of rotatable bonds is 4. The smallest absolute Gasteiger partial charge is 0.261 e. The van der Waals surface area contributed by atoms with Crippen LogP contribution in [0.1, 0.15) is 43.0 Å². The van der Waals surface area contributed by atoms with Gasteiger partial charge in [0, 0.05) is 5.92 Å². The number of nitrogens with one attached hydrogen (secondary N) is 1. The number of fused-ring (bicyclic) bond motifs is 1. The van der Waals surface area contributed by atoms with Crippen LogP contribution < -0.4 is 10.9 Å². The summed E-state index contributed by atoms with van der Waals surface area (Å²) in [6.07, 6.45) is 7.16. The average Bonchev–Trinajstić information content (AvgIpc) is 3.13. The van der Waals surface area contributed by atoms with Gasteiger partial charge in [-0.2, -0.15) is 0 Å². The molecule has 1 aromatic carbocycles. The Bertz CT molecular complexity index is 1040. The molecule has 9 heteroatoms. The fourth-order valence-electron chi connectivity index (χ4n) is 3.36. The first-order chi connectivity index (χ1) is 13.1. The van der Waals surface area contributed by atoms with E-state index in [0.717, 1.165) is 28.5 Å². The summed E-state index contributed by atoms with van der Waals surface area (Å²) in [5, 5.41) is 12.4. The molecule has 0 radical (unpaired) electrons. The molecule has 0 aliphatic heterocycles. The lowest BCUT2D eigenvalue weighted by Crippen LogP contribution is -2.27. The van der Waals surface area contributed by atoms with Crippen molar-refractivity contribution in [1.29, 1.82) is 0 Å². The van der Waals surface area contributed by atoms with Crippen molar-refractivity contribution in [2.45, 2.75) is 44.6 Å². The van der Waals surface area contributed by atoms with Crippen LogP contribution in [0.4, 0.5) is 9.52 Å². The molecule has 2 aromatic heterocycles. The van der Waals surface area contributed by atoms with E-state index < -0.39 is 17.3 Å². The highest BCUT2D eigenvalue weighted by molar-refractivity contribution is 7.15. The quantitative estimate of drug-likeness (QED) is 0.743. The van der Waals surface area contributed by atoms with Gasteiger partial charge in [0.25, 0.3) is 5.56 Å². The van der Waals surface area contributed by atoms with E-state index in [1.54, 1.807) is 0 Å². The second-order valence-corrected chi connectivity index (χ2v) is 7.68. The Hall–Kier alpha value is -2.68. The van der Waals surface area contributed by atoms with Crippen molar-refractivity contribution in [3.05, 3.63) is 45.7 Å². The minimum Gasteiger partial charge on any atom is -0.299 e. The van der Waals surface area contributed by atoms with Crippen LogP contribution >= 0.6 is 11.3 Å². The van der Waals surface area contributed by atoms with Crippen LogP contribution in [0.15, 0.2) is 29.3 Å². The van der Waals surface area contributed by atoms with E-state index in [1.165, 1.54) is 49.1 Å². The summed E-state index contributed by atoms with van der Waals surface area (Å²) >= 11 is 1.38. The number of hydrogen-bond donors (Lipinski definition) is 1. The first kappa shape index (κ1) is 17.7. The number of anilines is 1. The van der Waals surface area contributed by atoms with Crippen LogP contribution in [0.5, 0.6) is 0 Å². The Kier molecular flexibility index (Phi) is 4.93. The van der Waals surface area contributed by atoms with Gasteiger partial charge in [-0.1, -0.05) is 30.6 Å². The lowest BCUT2D eigenvalue weighted by atomic mass is 9.90. The second kappa shape index (κ2) is 7.51. The molecule has 0 bridgehead atoms. The molecule has 3 aromatic rings. The van der Waals surface area contributed by atoms with Crippen LogP contribution in [-0.4, -0.2) is 25.7 Å². The van der Waals surface area contributed by atoms with Gasteiger partial charge in [-0.3, -0.25) is 19.5 Å². The molecule has 4 rings (SSSR count). The molecule has 1 amide bonds. The molecule has 0 atom stereocenters. The van der Waals surface area contributed by atoms with E-state index in [1.807, 2.05) is 0 Å². The van der Waals surface area contributed by atoms with Crippen molar-refractivity contribution >= 4 is 33.3 Å². The fraction of sp³-hybridized carbons (Fsp3) is 0.389. The summed E-state index contributed by atoms with van der Waals surface area (Å²) in [6, 6.07) is 3.80. The zero-order valence-electron chi connectivity index (χ0n) is 14.5. The van der Waals surface area contributed by atoms with Crippen LogP contribution in [0.25, 0.3) is 10.9 Å². The summed E-state index contributed by atoms with van der Waals surface area (Å²) in [5.74, 6) is -0.502. The van der Waals surface area contributed by atoms with Gasteiger partial charge in [-0.25, -0.2) is 9.37 Å². The molecular weight excluding hydrogens is 369 g/mol.